The number of carbonyl (C=O) groups is 2. The van der Waals surface area contributed by atoms with Gasteiger partial charge in [-0.25, -0.2) is 0 Å². The van der Waals surface area contributed by atoms with Gasteiger partial charge in [-0.2, -0.15) is 4.98 Å². The quantitative estimate of drug-likeness (QED) is 0.604. The van der Waals surface area contributed by atoms with E-state index in [0.29, 0.717) is 17.8 Å². The number of aromatic nitrogens is 2. The van der Waals surface area contributed by atoms with Crippen molar-refractivity contribution in [3.05, 3.63) is 83.5 Å². The number of carbonyl (C=O) groups excluding carboxylic acids is 2. The molecular formula is C21H21N3O4. The van der Waals surface area contributed by atoms with Crippen molar-refractivity contribution >= 4 is 11.9 Å². The van der Waals surface area contributed by atoms with Crippen LogP contribution in [0.3, 0.4) is 0 Å². The molecule has 0 fully saturated rings. The molecule has 0 saturated heterocycles. The van der Waals surface area contributed by atoms with Crippen LogP contribution in [0.5, 0.6) is 0 Å². The van der Waals surface area contributed by atoms with Crippen LogP contribution in [-0.2, 0) is 22.6 Å². The SMILES string of the molecule is CCc1noc(COC(=O)CC(NC(=O)c2ccccc2)c2ccccc2)n1. The minimum Gasteiger partial charge on any atom is -0.455 e. The van der Waals surface area contributed by atoms with Crippen LogP contribution in [0.4, 0.5) is 0 Å². The molecule has 1 aromatic heterocycles. The van der Waals surface area contributed by atoms with E-state index >= 15 is 0 Å². The molecule has 1 unspecified atom stereocenters. The number of hydrogen-bond donors (Lipinski definition) is 1. The molecule has 3 rings (SSSR count). The van der Waals surface area contributed by atoms with Gasteiger partial charge in [-0.05, 0) is 17.7 Å². The lowest BCUT2D eigenvalue weighted by Gasteiger charge is -2.18. The van der Waals surface area contributed by atoms with Gasteiger partial charge in [0, 0.05) is 12.0 Å². The molecule has 2 aromatic carbocycles. The standard InChI is InChI=1S/C21H21N3O4/c1-2-18-23-19(28-24-18)14-27-20(25)13-17(15-9-5-3-6-10-15)22-21(26)16-11-7-4-8-12-16/h3-12,17H,2,13-14H2,1H3,(H,22,26). The van der Waals surface area contributed by atoms with Crippen molar-refractivity contribution in [1.82, 2.24) is 15.5 Å². The van der Waals surface area contributed by atoms with Crippen LogP contribution in [0.25, 0.3) is 0 Å². The van der Waals surface area contributed by atoms with Crippen molar-refractivity contribution in [2.75, 3.05) is 0 Å². The molecule has 7 nitrogen and oxygen atoms in total. The van der Waals surface area contributed by atoms with Gasteiger partial charge in [-0.3, -0.25) is 9.59 Å². The van der Waals surface area contributed by atoms with Crippen LogP contribution >= 0.6 is 0 Å². The van der Waals surface area contributed by atoms with Gasteiger partial charge < -0.3 is 14.6 Å². The maximum atomic E-state index is 12.5. The normalized spacial score (nSPS) is 11.6. The Labute approximate surface area is 162 Å². The smallest absolute Gasteiger partial charge is 0.308 e. The van der Waals surface area contributed by atoms with E-state index in [-0.39, 0.29) is 24.8 Å². The van der Waals surface area contributed by atoms with E-state index in [0.717, 1.165) is 5.56 Å². The number of ether oxygens (including phenoxy) is 1. The Morgan fingerprint density at radius 1 is 1.07 bits per heavy atom. The molecule has 0 radical (unpaired) electrons. The van der Waals surface area contributed by atoms with Crippen LogP contribution in [0.1, 0.15) is 47.0 Å². The average Bonchev–Trinajstić information content (AvgIpc) is 3.21. The van der Waals surface area contributed by atoms with E-state index in [1.165, 1.54) is 0 Å². The number of benzene rings is 2. The summed E-state index contributed by atoms with van der Waals surface area (Å²) in [6, 6.07) is 17.6. The Morgan fingerprint density at radius 3 is 2.39 bits per heavy atom. The number of nitrogens with zero attached hydrogens (tertiary/aromatic N) is 2. The van der Waals surface area contributed by atoms with Crippen LogP contribution in [0, 0.1) is 0 Å². The second-order valence-corrected chi connectivity index (χ2v) is 6.13. The first-order valence-electron chi connectivity index (χ1n) is 9.03. The fourth-order valence-corrected chi connectivity index (χ4v) is 2.63. The van der Waals surface area contributed by atoms with Gasteiger partial charge in [0.05, 0.1) is 12.5 Å². The van der Waals surface area contributed by atoms with Crippen molar-refractivity contribution in [2.45, 2.75) is 32.4 Å². The maximum absolute atomic E-state index is 12.5. The molecule has 0 spiro atoms. The van der Waals surface area contributed by atoms with Gasteiger partial charge in [0.2, 0.25) is 0 Å². The highest BCUT2D eigenvalue weighted by molar-refractivity contribution is 5.94. The maximum Gasteiger partial charge on any atom is 0.308 e. The molecule has 0 aliphatic rings. The Kier molecular flexibility index (Phi) is 6.51. The lowest BCUT2D eigenvalue weighted by atomic mass is 10.0. The number of rotatable bonds is 8. The third kappa shape index (κ3) is 5.26. The van der Waals surface area contributed by atoms with E-state index in [4.69, 9.17) is 9.26 Å². The third-order valence-electron chi connectivity index (χ3n) is 4.10. The summed E-state index contributed by atoms with van der Waals surface area (Å²) in [7, 11) is 0. The Hall–Kier alpha value is -3.48. The van der Waals surface area contributed by atoms with Gasteiger partial charge >= 0.3 is 5.97 Å². The second-order valence-electron chi connectivity index (χ2n) is 6.13. The fraction of sp³-hybridized carbons (Fsp3) is 0.238. The van der Waals surface area contributed by atoms with Gasteiger partial charge in [0.25, 0.3) is 11.8 Å². The molecule has 28 heavy (non-hydrogen) atoms. The average molecular weight is 379 g/mol. The van der Waals surface area contributed by atoms with Crippen LogP contribution in [0.15, 0.2) is 65.2 Å². The molecule has 144 valence electrons. The lowest BCUT2D eigenvalue weighted by Crippen LogP contribution is -2.30. The molecule has 1 heterocycles. The Balaban J connectivity index is 1.65. The van der Waals surface area contributed by atoms with Crippen molar-refractivity contribution in [3.63, 3.8) is 0 Å². The molecule has 1 amide bonds. The predicted molar refractivity (Wildman–Crippen MR) is 101 cm³/mol. The summed E-state index contributed by atoms with van der Waals surface area (Å²) in [5.74, 6) is 0.0725. The lowest BCUT2D eigenvalue weighted by molar-refractivity contribution is -0.146. The van der Waals surface area contributed by atoms with Crippen molar-refractivity contribution in [1.29, 1.82) is 0 Å². The highest BCUT2D eigenvalue weighted by atomic mass is 16.6. The summed E-state index contributed by atoms with van der Waals surface area (Å²) < 4.78 is 10.2. The first kappa shape index (κ1) is 19.3. The van der Waals surface area contributed by atoms with Gasteiger partial charge in [-0.15, -0.1) is 0 Å². The largest absolute Gasteiger partial charge is 0.455 e. The molecule has 1 N–H and O–H groups in total. The molecule has 1 atom stereocenters. The summed E-state index contributed by atoms with van der Waals surface area (Å²) in [5, 5.41) is 6.66. The summed E-state index contributed by atoms with van der Waals surface area (Å²) in [6.45, 7) is 1.81. The van der Waals surface area contributed by atoms with E-state index in [9.17, 15) is 9.59 Å². The topological polar surface area (TPSA) is 94.3 Å². The summed E-state index contributed by atoms with van der Waals surface area (Å²) in [4.78, 5) is 29.0. The summed E-state index contributed by atoms with van der Waals surface area (Å²) in [6.07, 6.45) is 0.621. The number of nitrogens with one attached hydrogen (secondary N) is 1. The van der Waals surface area contributed by atoms with Crippen molar-refractivity contribution in [2.24, 2.45) is 0 Å². The second kappa shape index (κ2) is 9.45. The zero-order valence-electron chi connectivity index (χ0n) is 15.5. The minimum absolute atomic E-state index is 0.0165. The summed E-state index contributed by atoms with van der Waals surface area (Å²) in [5.41, 5.74) is 1.34. The monoisotopic (exact) mass is 379 g/mol. The highest BCUT2D eigenvalue weighted by Crippen LogP contribution is 2.18. The molecule has 0 bridgehead atoms. The van der Waals surface area contributed by atoms with E-state index in [1.807, 2.05) is 43.3 Å². The van der Waals surface area contributed by atoms with E-state index < -0.39 is 12.0 Å². The number of hydrogen-bond acceptors (Lipinski definition) is 6. The highest BCUT2D eigenvalue weighted by Gasteiger charge is 2.20. The Morgan fingerprint density at radius 2 is 1.75 bits per heavy atom. The first-order chi connectivity index (χ1) is 13.7. The first-order valence-corrected chi connectivity index (χ1v) is 9.03. The van der Waals surface area contributed by atoms with Crippen LogP contribution in [-0.4, -0.2) is 22.0 Å². The molecule has 0 aliphatic heterocycles. The number of aryl methyl sites for hydroxylation is 1. The summed E-state index contributed by atoms with van der Waals surface area (Å²) >= 11 is 0. The van der Waals surface area contributed by atoms with E-state index in [1.54, 1.807) is 24.3 Å². The van der Waals surface area contributed by atoms with Crippen molar-refractivity contribution in [3.8, 4) is 0 Å². The fourth-order valence-electron chi connectivity index (χ4n) is 2.63. The van der Waals surface area contributed by atoms with Gasteiger partial charge in [-0.1, -0.05) is 60.6 Å². The predicted octanol–water partition coefficient (Wildman–Crippen LogP) is 3.24. The Bertz CT molecular complexity index is 910. The molecule has 7 heteroatoms. The number of amides is 1. The zero-order chi connectivity index (χ0) is 19.8. The van der Waals surface area contributed by atoms with Crippen LogP contribution in [0.2, 0.25) is 0 Å². The third-order valence-corrected chi connectivity index (χ3v) is 4.10. The zero-order valence-corrected chi connectivity index (χ0v) is 15.5. The molecule has 3 aromatic rings. The number of esters is 1. The van der Waals surface area contributed by atoms with Crippen molar-refractivity contribution < 1.29 is 18.8 Å². The van der Waals surface area contributed by atoms with E-state index in [2.05, 4.69) is 15.5 Å². The van der Waals surface area contributed by atoms with Crippen LogP contribution < -0.4 is 5.32 Å². The molecule has 0 aliphatic carbocycles. The molecule has 0 saturated carbocycles. The van der Waals surface area contributed by atoms with Gasteiger partial charge in [0.15, 0.2) is 12.4 Å². The molecular weight excluding hydrogens is 358 g/mol. The minimum atomic E-state index is -0.518. The van der Waals surface area contributed by atoms with Gasteiger partial charge in [0.1, 0.15) is 0 Å².